The van der Waals surface area contributed by atoms with Gasteiger partial charge in [0.05, 0.1) is 11.6 Å². The maximum Gasteiger partial charge on any atom is 0.142 e. The maximum absolute atomic E-state index is 12.8. The van der Waals surface area contributed by atoms with Crippen molar-refractivity contribution in [1.29, 1.82) is 0 Å². The van der Waals surface area contributed by atoms with Crippen molar-refractivity contribution in [3.8, 4) is 5.75 Å². The van der Waals surface area contributed by atoms with Crippen LogP contribution in [0.3, 0.4) is 0 Å². The van der Waals surface area contributed by atoms with Crippen LogP contribution in [0.2, 0.25) is 10.0 Å². The Morgan fingerprint density at radius 2 is 1.86 bits per heavy atom. The Hall–Kier alpha value is -1.29. The minimum atomic E-state index is -0.216. The summed E-state index contributed by atoms with van der Waals surface area (Å²) in [6.45, 7) is 3.83. The fourth-order valence-corrected chi connectivity index (χ4v) is 2.75. The third kappa shape index (κ3) is 4.87. The Labute approximate surface area is 140 Å². The predicted molar refractivity (Wildman–Crippen MR) is 89.4 cm³/mol. The zero-order chi connectivity index (χ0) is 15.9. The Morgan fingerprint density at radius 1 is 1.14 bits per heavy atom. The molecule has 0 atom stereocenters. The van der Waals surface area contributed by atoms with E-state index < -0.39 is 0 Å². The highest BCUT2D eigenvalue weighted by Gasteiger charge is 2.10. The summed E-state index contributed by atoms with van der Waals surface area (Å²) in [6, 6.07) is 10.1. The van der Waals surface area contributed by atoms with E-state index in [4.69, 9.17) is 27.9 Å². The highest BCUT2D eigenvalue weighted by molar-refractivity contribution is 6.35. The second-order valence-corrected chi connectivity index (χ2v) is 5.71. The average Bonchev–Trinajstić information content (AvgIpc) is 2.48. The molecule has 22 heavy (non-hydrogen) atoms. The molecular weight excluding hydrogens is 324 g/mol. The smallest absolute Gasteiger partial charge is 0.142 e. The van der Waals surface area contributed by atoms with Gasteiger partial charge in [0.15, 0.2) is 0 Å². The molecule has 1 N–H and O–H groups in total. The average molecular weight is 342 g/mol. The predicted octanol–water partition coefficient (Wildman–Crippen LogP) is 4.86. The first kappa shape index (κ1) is 17.1. The molecule has 0 heterocycles. The maximum atomic E-state index is 12.8. The van der Waals surface area contributed by atoms with Crippen LogP contribution in [0.15, 0.2) is 36.4 Å². The molecule has 0 aliphatic heterocycles. The molecule has 0 saturated heterocycles. The molecule has 2 aromatic rings. The Morgan fingerprint density at radius 3 is 2.55 bits per heavy atom. The monoisotopic (exact) mass is 341 g/mol. The second-order valence-electron chi connectivity index (χ2n) is 4.86. The zero-order valence-electron chi connectivity index (χ0n) is 12.3. The highest BCUT2D eigenvalue weighted by Crippen LogP contribution is 2.32. The van der Waals surface area contributed by atoms with Gasteiger partial charge in [0.1, 0.15) is 11.6 Å². The van der Waals surface area contributed by atoms with E-state index in [1.54, 1.807) is 18.2 Å². The minimum absolute atomic E-state index is 0.216. The SMILES string of the molecule is CCOc1c(Cl)cc(Cl)cc1CNCCc1ccc(F)cc1. The van der Waals surface area contributed by atoms with Gasteiger partial charge >= 0.3 is 0 Å². The summed E-state index contributed by atoms with van der Waals surface area (Å²) in [5, 5.41) is 4.43. The quantitative estimate of drug-likeness (QED) is 0.726. The van der Waals surface area contributed by atoms with Crippen molar-refractivity contribution in [3.63, 3.8) is 0 Å². The van der Waals surface area contributed by atoms with E-state index in [2.05, 4.69) is 5.32 Å². The molecule has 2 nitrogen and oxygen atoms in total. The molecule has 0 aromatic heterocycles. The highest BCUT2D eigenvalue weighted by atomic mass is 35.5. The lowest BCUT2D eigenvalue weighted by molar-refractivity contribution is 0.336. The van der Waals surface area contributed by atoms with Crippen LogP contribution in [0.5, 0.6) is 5.75 Å². The Balaban J connectivity index is 1.92. The lowest BCUT2D eigenvalue weighted by Gasteiger charge is -2.13. The molecule has 2 aromatic carbocycles. The van der Waals surface area contributed by atoms with Crippen LogP contribution in [-0.4, -0.2) is 13.2 Å². The Bertz CT molecular complexity index is 617. The molecule has 0 aliphatic carbocycles. The van der Waals surface area contributed by atoms with Gasteiger partial charge < -0.3 is 10.1 Å². The second kappa shape index (κ2) is 8.37. The van der Waals surface area contributed by atoms with E-state index in [9.17, 15) is 4.39 Å². The summed E-state index contributed by atoms with van der Waals surface area (Å²) in [6.07, 6.45) is 0.818. The van der Waals surface area contributed by atoms with Crippen molar-refractivity contribution in [1.82, 2.24) is 5.32 Å². The molecule has 118 valence electrons. The van der Waals surface area contributed by atoms with Gasteiger partial charge in [0, 0.05) is 17.1 Å². The summed E-state index contributed by atoms with van der Waals surface area (Å²) in [7, 11) is 0. The molecule has 0 amide bonds. The van der Waals surface area contributed by atoms with Crippen LogP contribution in [0.1, 0.15) is 18.1 Å². The molecule has 0 fully saturated rings. The van der Waals surface area contributed by atoms with E-state index >= 15 is 0 Å². The summed E-state index contributed by atoms with van der Waals surface area (Å²) >= 11 is 12.2. The molecule has 0 aliphatic rings. The van der Waals surface area contributed by atoms with Gasteiger partial charge in [0.2, 0.25) is 0 Å². The molecular formula is C17H18Cl2FNO. The van der Waals surface area contributed by atoms with Gasteiger partial charge in [-0.15, -0.1) is 0 Å². The van der Waals surface area contributed by atoms with Gasteiger partial charge in [-0.25, -0.2) is 4.39 Å². The van der Waals surface area contributed by atoms with E-state index in [-0.39, 0.29) is 5.82 Å². The van der Waals surface area contributed by atoms with E-state index in [1.165, 1.54) is 12.1 Å². The largest absolute Gasteiger partial charge is 0.492 e. The standard InChI is InChI=1S/C17H18Cl2FNO/c1-2-22-17-13(9-14(18)10-16(17)19)11-21-8-7-12-3-5-15(20)6-4-12/h3-6,9-10,21H,2,7-8,11H2,1H3. The number of nitrogens with one attached hydrogen (secondary N) is 1. The third-order valence-electron chi connectivity index (χ3n) is 3.19. The number of hydrogen-bond acceptors (Lipinski definition) is 2. The lowest BCUT2D eigenvalue weighted by atomic mass is 10.1. The molecule has 0 radical (unpaired) electrons. The molecule has 0 saturated carbocycles. The van der Waals surface area contributed by atoms with Crippen molar-refractivity contribution in [2.45, 2.75) is 19.9 Å². The van der Waals surface area contributed by atoms with Crippen molar-refractivity contribution in [2.75, 3.05) is 13.2 Å². The lowest BCUT2D eigenvalue weighted by Crippen LogP contribution is -2.17. The van der Waals surface area contributed by atoms with Crippen molar-refractivity contribution in [2.24, 2.45) is 0 Å². The molecule has 0 spiro atoms. The topological polar surface area (TPSA) is 21.3 Å². The van der Waals surface area contributed by atoms with Crippen LogP contribution in [0.4, 0.5) is 4.39 Å². The van der Waals surface area contributed by atoms with Crippen LogP contribution in [0.25, 0.3) is 0 Å². The van der Waals surface area contributed by atoms with Gasteiger partial charge in [-0.1, -0.05) is 35.3 Å². The number of hydrogen-bond donors (Lipinski definition) is 1. The van der Waals surface area contributed by atoms with E-state index in [0.29, 0.717) is 28.9 Å². The summed E-state index contributed by atoms with van der Waals surface area (Å²) in [5.41, 5.74) is 2.02. The fraction of sp³-hybridized carbons (Fsp3) is 0.294. The summed E-state index contributed by atoms with van der Waals surface area (Å²) < 4.78 is 18.4. The number of ether oxygens (including phenoxy) is 1. The Kier molecular flexibility index (Phi) is 6.49. The first-order valence-electron chi connectivity index (χ1n) is 7.16. The van der Waals surface area contributed by atoms with Crippen LogP contribution in [-0.2, 0) is 13.0 Å². The van der Waals surface area contributed by atoms with Crippen molar-refractivity contribution < 1.29 is 9.13 Å². The molecule has 0 unspecified atom stereocenters. The molecule has 2 rings (SSSR count). The minimum Gasteiger partial charge on any atom is -0.492 e. The van der Waals surface area contributed by atoms with Crippen LogP contribution >= 0.6 is 23.2 Å². The van der Waals surface area contributed by atoms with E-state index in [1.807, 2.05) is 13.0 Å². The zero-order valence-corrected chi connectivity index (χ0v) is 13.8. The van der Waals surface area contributed by atoms with E-state index in [0.717, 1.165) is 24.1 Å². The van der Waals surface area contributed by atoms with Crippen LogP contribution < -0.4 is 10.1 Å². The van der Waals surface area contributed by atoms with Crippen LogP contribution in [0, 0.1) is 5.82 Å². The van der Waals surface area contributed by atoms with Gasteiger partial charge in [-0.2, -0.15) is 0 Å². The summed E-state index contributed by atoms with van der Waals surface area (Å²) in [4.78, 5) is 0. The first-order chi connectivity index (χ1) is 10.6. The van der Waals surface area contributed by atoms with Gasteiger partial charge in [-0.05, 0) is 49.7 Å². The first-order valence-corrected chi connectivity index (χ1v) is 7.91. The van der Waals surface area contributed by atoms with Gasteiger partial charge in [-0.3, -0.25) is 0 Å². The number of benzene rings is 2. The third-order valence-corrected chi connectivity index (χ3v) is 3.69. The normalized spacial score (nSPS) is 10.7. The number of rotatable bonds is 7. The molecule has 0 bridgehead atoms. The van der Waals surface area contributed by atoms with Crippen molar-refractivity contribution in [3.05, 3.63) is 63.4 Å². The summed E-state index contributed by atoms with van der Waals surface area (Å²) in [5.74, 6) is 0.453. The van der Waals surface area contributed by atoms with Gasteiger partial charge in [0.25, 0.3) is 0 Å². The fourth-order valence-electron chi connectivity index (χ4n) is 2.16. The molecule has 5 heteroatoms. The number of halogens is 3. The van der Waals surface area contributed by atoms with Crippen molar-refractivity contribution >= 4 is 23.2 Å².